The van der Waals surface area contributed by atoms with Crippen LogP contribution in [0.3, 0.4) is 0 Å². The molecule has 0 aliphatic carbocycles. The molecule has 2 N–H and O–H groups in total. The van der Waals surface area contributed by atoms with Crippen molar-refractivity contribution in [2.24, 2.45) is 0 Å². The summed E-state index contributed by atoms with van der Waals surface area (Å²) in [5.74, 6) is 0. The molecule has 0 fully saturated rings. The highest BCUT2D eigenvalue weighted by Crippen LogP contribution is 2.24. The number of aliphatic hydroxyl groups is 1. The van der Waals surface area contributed by atoms with Crippen LogP contribution in [0.4, 0.5) is 0 Å². The predicted octanol–water partition coefficient (Wildman–Crippen LogP) is 2.59. The van der Waals surface area contributed by atoms with E-state index in [1.807, 2.05) is 6.07 Å². The highest BCUT2D eigenvalue weighted by atomic mass is 35.5. The lowest BCUT2D eigenvalue weighted by Gasteiger charge is -2.09. The molecule has 0 saturated heterocycles. The van der Waals surface area contributed by atoms with Crippen LogP contribution >= 0.6 is 11.6 Å². The Bertz CT molecular complexity index is 569. The number of fused-ring (bicyclic) bond motifs is 1. The van der Waals surface area contributed by atoms with E-state index in [2.05, 4.69) is 36.3 Å². The summed E-state index contributed by atoms with van der Waals surface area (Å²) in [5, 5.41) is 13.5. The van der Waals surface area contributed by atoms with E-state index in [9.17, 15) is 0 Å². The molecule has 3 nitrogen and oxygen atoms in total. The molecule has 0 radical (unpaired) electrons. The average molecular weight is 265 g/mol. The van der Waals surface area contributed by atoms with Gasteiger partial charge < -0.3 is 10.4 Å². The summed E-state index contributed by atoms with van der Waals surface area (Å²) in [7, 11) is 0. The van der Waals surface area contributed by atoms with Crippen LogP contribution in [-0.2, 0) is 6.54 Å². The molecule has 2 aromatic rings. The number of halogens is 1. The van der Waals surface area contributed by atoms with Crippen molar-refractivity contribution in [3.05, 3.63) is 40.0 Å². The molecule has 0 amide bonds. The number of aromatic nitrogens is 1. The minimum atomic E-state index is 0.122. The summed E-state index contributed by atoms with van der Waals surface area (Å²) < 4.78 is 0. The van der Waals surface area contributed by atoms with Crippen molar-refractivity contribution in [1.29, 1.82) is 0 Å². The van der Waals surface area contributed by atoms with Crippen molar-refractivity contribution in [2.75, 3.05) is 13.2 Å². The van der Waals surface area contributed by atoms with Gasteiger partial charge in [0.1, 0.15) is 5.15 Å². The summed E-state index contributed by atoms with van der Waals surface area (Å²) in [4.78, 5) is 4.44. The predicted molar refractivity (Wildman–Crippen MR) is 75.0 cm³/mol. The Morgan fingerprint density at radius 1 is 1.28 bits per heavy atom. The highest BCUT2D eigenvalue weighted by Gasteiger charge is 2.07. The van der Waals surface area contributed by atoms with Crippen LogP contribution in [0.5, 0.6) is 0 Å². The van der Waals surface area contributed by atoms with E-state index in [1.54, 1.807) is 0 Å². The Morgan fingerprint density at radius 2 is 2.06 bits per heavy atom. The topological polar surface area (TPSA) is 45.1 Å². The maximum atomic E-state index is 8.75. The van der Waals surface area contributed by atoms with Crippen molar-refractivity contribution in [3.8, 4) is 0 Å². The summed E-state index contributed by atoms with van der Waals surface area (Å²) in [6.45, 7) is 5.43. The molecule has 4 heteroatoms. The van der Waals surface area contributed by atoms with Crippen LogP contribution in [-0.4, -0.2) is 23.2 Å². The number of nitrogens with zero attached hydrogens (tertiary/aromatic N) is 1. The molecule has 96 valence electrons. The second-order valence-corrected chi connectivity index (χ2v) is 4.85. The molecule has 1 heterocycles. The quantitative estimate of drug-likeness (QED) is 0.659. The van der Waals surface area contributed by atoms with Crippen LogP contribution in [0.25, 0.3) is 10.9 Å². The molecule has 0 bridgehead atoms. The lowest BCUT2D eigenvalue weighted by molar-refractivity contribution is 0.292. The highest BCUT2D eigenvalue weighted by molar-refractivity contribution is 6.30. The molecule has 0 aliphatic rings. The number of nitrogens with one attached hydrogen (secondary N) is 1. The Balaban J connectivity index is 2.41. The second-order valence-electron chi connectivity index (χ2n) is 4.49. The molecule has 18 heavy (non-hydrogen) atoms. The number of aryl methyl sites for hydroxylation is 2. The van der Waals surface area contributed by atoms with Gasteiger partial charge in [-0.25, -0.2) is 4.98 Å². The van der Waals surface area contributed by atoms with Crippen LogP contribution in [0, 0.1) is 13.8 Å². The molecule has 0 unspecified atom stereocenters. The Hall–Kier alpha value is -1.16. The Morgan fingerprint density at radius 3 is 2.78 bits per heavy atom. The van der Waals surface area contributed by atoms with Crippen molar-refractivity contribution in [1.82, 2.24) is 10.3 Å². The third-order valence-electron chi connectivity index (χ3n) is 2.92. The molecule has 2 rings (SSSR count). The largest absolute Gasteiger partial charge is 0.395 e. The van der Waals surface area contributed by atoms with Crippen molar-refractivity contribution in [2.45, 2.75) is 20.4 Å². The first kappa shape index (κ1) is 13.3. The summed E-state index contributed by atoms with van der Waals surface area (Å²) in [5.41, 5.74) is 4.29. The van der Waals surface area contributed by atoms with Gasteiger partial charge >= 0.3 is 0 Å². The summed E-state index contributed by atoms with van der Waals surface area (Å²) in [6.07, 6.45) is 0. The normalized spacial score (nSPS) is 11.1. The van der Waals surface area contributed by atoms with Gasteiger partial charge in [0.15, 0.2) is 0 Å². The molecule has 1 aromatic heterocycles. The zero-order valence-corrected chi connectivity index (χ0v) is 11.4. The van der Waals surface area contributed by atoms with Crippen LogP contribution < -0.4 is 5.32 Å². The fourth-order valence-corrected chi connectivity index (χ4v) is 2.29. The number of rotatable bonds is 4. The SMILES string of the molecule is Cc1cc(C)c2cc(CNCCO)c(Cl)nc2c1. The molecular formula is C14H17ClN2O. The first-order chi connectivity index (χ1) is 8.61. The van der Waals surface area contributed by atoms with Gasteiger partial charge in [0.2, 0.25) is 0 Å². The van der Waals surface area contributed by atoms with Crippen LogP contribution in [0.1, 0.15) is 16.7 Å². The lowest BCUT2D eigenvalue weighted by atomic mass is 10.0. The Kier molecular flexibility index (Phi) is 4.17. The summed E-state index contributed by atoms with van der Waals surface area (Å²) in [6, 6.07) is 6.26. The van der Waals surface area contributed by atoms with Crippen LogP contribution in [0.15, 0.2) is 18.2 Å². The number of hydrogen-bond donors (Lipinski definition) is 2. The smallest absolute Gasteiger partial charge is 0.134 e. The fourth-order valence-electron chi connectivity index (χ4n) is 2.07. The monoisotopic (exact) mass is 264 g/mol. The van der Waals surface area contributed by atoms with E-state index < -0.39 is 0 Å². The number of hydrogen-bond acceptors (Lipinski definition) is 3. The second kappa shape index (κ2) is 5.65. The van der Waals surface area contributed by atoms with E-state index in [0.717, 1.165) is 16.5 Å². The molecule has 0 saturated carbocycles. The zero-order valence-electron chi connectivity index (χ0n) is 10.6. The minimum absolute atomic E-state index is 0.122. The van der Waals surface area contributed by atoms with Gasteiger partial charge in [0.25, 0.3) is 0 Å². The minimum Gasteiger partial charge on any atom is -0.395 e. The van der Waals surface area contributed by atoms with E-state index >= 15 is 0 Å². The lowest BCUT2D eigenvalue weighted by Crippen LogP contribution is -2.17. The number of pyridine rings is 1. The van der Waals surface area contributed by atoms with Gasteiger partial charge in [-0.05, 0) is 37.1 Å². The first-order valence-electron chi connectivity index (χ1n) is 6.00. The molecule has 0 aliphatic heterocycles. The Labute approximate surface area is 112 Å². The van der Waals surface area contributed by atoms with E-state index in [0.29, 0.717) is 18.2 Å². The molecule has 0 atom stereocenters. The van der Waals surface area contributed by atoms with Gasteiger partial charge in [-0.1, -0.05) is 17.7 Å². The van der Waals surface area contributed by atoms with E-state index in [-0.39, 0.29) is 6.61 Å². The average Bonchev–Trinajstić information content (AvgIpc) is 2.30. The van der Waals surface area contributed by atoms with Crippen molar-refractivity contribution in [3.63, 3.8) is 0 Å². The van der Waals surface area contributed by atoms with E-state index in [1.165, 1.54) is 11.1 Å². The number of benzene rings is 1. The first-order valence-corrected chi connectivity index (χ1v) is 6.37. The molecular weight excluding hydrogens is 248 g/mol. The maximum absolute atomic E-state index is 8.75. The van der Waals surface area contributed by atoms with Gasteiger partial charge in [-0.3, -0.25) is 0 Å². The molecule has 1 aromatic carbocycles. The fraction of sp³-hybridized carbons (Fsp3) is 0.357. The molecule has 0 spiro atoms. The summed E-state index contributed by atoms with van der Waals surface area (Å²) >= 11 is 6.17. The third kappa shape index (κ3) is 2.80. The van der Waals surface area contributed by atoms with E-state index in [4.69, 9.17) is 16.7 Å². The zero-order chi connectivity index (χ0) is 13.1. The maximum Gasteiger partial charge on any atom is 0.134 e. The van der Waals surface area contributed by atoms with Crippen molar-refractivity contribution < 1.29 is 5.11 Å². The van der Waals surface area contributed by atoms with Gasteiger partial charge in [-0.2, -0.15) is 0 Å². The standard InChI is InChI=1S/C14H17ClN2O/c1-9-5-10(2)12-7-11(8-16-3-4-18)14(15)17-13(12)6-9/h5-7,16,18H,3-4,8H2,1-2H3. The van der Waals surface area contributed by atoms with Gasteiger partial charge in [-0.15, -0.1) is 0 Å². The van der Waals surface area contributed by atoms with Gasteiger partial charge in [0, 0.05) is 24.0 Å². The third-order valence-corrected chi connectivity index (χ3v) is 3.24. The van der Waals surface area contributed by atoms with Crippen molar-refractivity contribution >= 4 is 22.5 Å². The number of aliphatic hydroxyl groups excluding tert-OH is 1. The van der Waals surface area contributed by atoms with Crippen LogP contribution in [0.2, 0.25) is 5.15 Å². The van der Waals surface area contributed by atoms with Gasteiger partial charge in [0.05, 0.1) is 12.1 Å².